The first-order valence-electron chi connectivity index (χ1n) is 6.25. The number of hydrogen-bond donors (Lipinski definition) is 0. The third-order valence-corrected chi connectivity index (χ3v) is 3.52. The van der Waals surface area contributed by atoms with Crippen LogP contribution >= 0.6 is 0 Å². The molecule has 2 unspecified atom stereocenters. The van der Waals surface area contributed by atoms with Crippen LogP contribution < -0.4 is 0 Å². The molecule has 0 aliphatic heterocycles. The Kier molecular flexibility index (Phi) is 4.54. The summed E-state index contributed by atoms with van der Waals surface area (Å²) in [6.45, 7) is 2.13. The van der Waals surface area contributed by atoms with Crippen molar-refractivity contribution in [2.45, 2.75) is 26.2 Å². The number of nitrogens with zero attached hydrogens (tertiary/aromatic N) is 2. The van der Waals surface area contributed by atoms with Gasteiger partial charge in [-0.15, -0.1) is 0 Å². The molecule has 0 aromatic rings. The Morgan fingerprint density at radius 3 is 1.47 bits per heavy atom. The van der Waals surface area contributed by atoms with Crippen LogP contribution in [0.15, 0.2) is 0 Å². The van der Waals surface area contributed by atoms with Gasteiger partial charge in [0, 0.05) is 40.0 Å². The summed E-state index contributed by atoms with van der Waals surface area (Å²) in [6.07, 6.45) is 2.53. The molecule has 98 valence electrons. The largest absolute Gasteiger partial charge is 0.349 e. The summed E-state index contributed by atoms with van der Waals surface area (Å²) in [4.78, 5) is 27.2. The van der Waals surface area contributed by atoms with Gasteiger partial charge in [0.25, 0.3) is 0 Å². The number of amides is 2. The van der Waals surface area contributed by atoms with Crippen molar-refractivity contribution in [2.24, 2.45) is 17.8 Å². The predicted molar refractivity (Wildman–Crippen MR) is 67.4 cm³/mol. The highest BCUT2D eigenvalue weighted by Crippen LogP contribution is 2.34. The van der Waals surface area contributed by atoms with E-state index in [4.69, 9.17) is 0 Å². The lowest BCUT2D eigenvalue weighted by Crippen LogP contribution is -2.40. The van der Waals surface area contributed by atoms with E-state index in [2.05, 4.69) is 6.92 Å². The summed E-state index contributed by atoms with van der Waals surface area (Å²) in [5, 5.41) is 0. The van der Waals surface area contributed by atoms with E-state index >= 15 is 0 Å². The van der Waals surface area contributed by atoms with Crippen molar-refractivity contribution < 1.29 is 9.59 Å². The fraction of sp³-hybridized carbons (Fsp3) is 0.846. The van der Waals surface area contributed by atoms with Crippen molar-refractivity contribution in [2.75, 3.05) is 28.2 Å². The van der Waals surface area contributed by atoms with E-state index < -0.39 is 0 Å². The number of carbonyl (C=O) groups is 2. The van der Waals surface area contributed by atoms with E-state index in [1.807, 2.05) is 0 Å². The zero-order valence-corrected chi connectivity index (χ0v) is 11.6. The zero-order valence-electron chi connectivity index (χ0n) is 11.6. The molecule has 2 atom stereocenters. The number of hydrogen-bond acceptors (Lipinski definition) is 2. The minimum Gasteiger partial charge on any atom is -0.349 e. The lowest BCUT2D eigenvalue weighted by Gasteiger charge is -2.34. The maximum atomic E-state index is 12.0. The van der Waals surface area contributed by atoms with Gasteiger partial charge in [-0.25, -0.2) is 0 Å². The van der Waals surface area contributed by atoms with Crippen LogP contribution in [0.3, 0.4) is 0 Å². The summed E-state index contributed by atoms with van der Waals surface area (Å²) < 4.78 is 0. The second-order valence-electron chi connectivity index (χ2n) is 5.67. The molecule has 1 fully saturated rings. The van der Waals surface area contributed by atoms with Crippen LogP contribution in [0.1, 0.15) is 26.2 Å². The van der Waals surface area contributed by atoms with Gasteiger partial charge in [0.1, 0.15) is 0 Å². The van der Waals surface area contributed by atoms with E-state index in [0.29, 0.717) is 12.3 Å². The standard InChI is InChI=1S/C13H24N2O2/c1-9-6-10(12(16)14(2)3)8-11(7-9)13(17)15(4)5/h9-11H,6-8H2,1-5H3. The molecular formula is C13H24N2O2. The monoisotopic (exact) mass is 240 g/mol. The van der Waals surface area contributed by atoms with Crippen molar-refractivity contribution in [3.63, 3.8) is 0 Å². The molecule has 0 bridgehead atoms. The van der Waals surface area contributed by atoms with Crippen molar-refractivity contribution in [1.29, 1.82) is 0 Å². The van der Waals surface area contributed by atoms with Crippen molar-refractivity contribution >= 4 is 11.8 Å². The van der Waals surface area contributed by atoms with E-state index in [9.17, 15) is 9.59 Å². The first-order chi connectivity index (χ1) is 7.82. The first-order valence-corrected chi connectivity index (χ1v) is 6.25. The smallest absolute Gasteiger partial charge is 0.225 e. The lowest BCUT2D eigenvalue weighted by molar-refractivity contribution is -0.139. The summed E-state index contributed by atoms with van der Waals surface area (Å²) in [5.74, 6) is 0.804. The molecule has 1 aliphatic rings. The van der Waals surface area contributed by atoms with Crippen LogP contribution in [0, 0.1) is 17.8 Å². The van der Waals surface area contributed by atoms with Crippen LogP contribution in [-0.4, -0.2) is 49.8 Å². The van der Waals surface area contributed by atoms with E-state index in [0.717, 1.165) is 12.8 Å². The molecule has 0 aromatic carbocycles. The van der Waals surface area contributed by atoms with E-state index in [1.54, 1.807) is 38.0 Å². The third-order valence-electron chi connectivity index (χ3n) is 3.52. The van der Waals surface area contributed by atoms with Gasteiger partial charge in [0.2, 0.25) is 11.8 Å². The quantitative estimate of drug-likeness (QED) is 0.728. The highest BCUT2D eigenvalue weighted by molar-refractivity contribution is 5.82. The Morgan fingerprint density at radius 1 is 0.824 bits per heavy atom. The van der Waals surface area contributed by atoms with Crippen LogP contribution in [0.5, 0.6) is 0 Å². The maximum Gasteiger partial charge on any atom is 0.225 e. The molecule has 0 saturated heterocycles. The molecule has 4 nitrogen and oxygen atoms in total. The van der Waals surface area contributed by atoms with Crippen molar-refractivity contribution in [3.05, 3.63) is 0 Å². The molecule has 0 radical (unpaired) electrons. The second-order valence-corrected chi connectivity index (χ2v) is 5.67. The average Bonchev–Trinajstić information content (AvgIpc) is 2.25. The van der Waals surface area contributed by atoms with Gasteiger partial charge >= 0.3 is 0 Å². The molecule has 1 saturated carbocycles. The molecule has 17 heavy (non-hydrogen) atoms. The first kappa shape index (κ1) is 14.0. The molecule has 0 heterocycles. The van der Waals surface area contributed by atoms with Gasteiger partial charge in [-0.2, -0.15) is 0 Å². The predicted octanol–water partition coefficient (Wildman–Crippen LogP) is 1.22. The molecule has 4 heteroatoms. The van der Waals surface area contributed by atoms with Crippen LogP contribution in [0.2, 0.25) is 0 Å². The fourth-order valence-corrected chi connectivity index (χ4v) is 2.74. The molecular weight excluding hydrogens is 216 g/mol. The van der Waals surface area contributed by atoms with Gasteiger partial charge in [0.15, 0.2) is 0 Å². The molecule has 1 aliphatic carbocycles. The lowest BCUT2D eigenvalue weighted by atomic mass is 9.75. The van der Waals surface area contributed by atoms with Crippen LogP contribution in [0.4, 0.5) is 0 Å². The molecule has 0 N–H and O–H groups in total. The van der Waals surface area contributed by atoms with Gasteiger partial charge < -0.3 is 9.80 Å². The van der Waals surface area contributed by atoms with Crippen LogP contribution in [0.25, 0.3) is 0 Å². The second kappa shape index (κ2) is 5.52. The topological polar surface area (TPSA) is 40.6 Å². The molecule has 0 aromatic heterocycles. The summed E-state index contributed by atoms with van der Waals surface area (Å²) in [6, 6.07) is 0. The molecule has 2 amide bonds. The average molecular weight is 240 g/mol. The van der Waals surface area contributed by atoms with Gasteiger partial charge in [0.05, 0.1) is 0 Å². The van der Waals surface area contributed by atoms with Crippen LogP contribution in [-0.2, 0) is 9.59 Å². The Bertz CT molecular complexity index is 272. The SMILES string of the molecule is CC1CC(C(=O)N(C)C)CC(C(=O)N(C)C)C1. The maximum absolute atomic E-state index is 12.0. The Hall–Kier alpha value is -1.06. The fourth-order valence-electron chi connectivity index (χ4n) is 2.74. The van der Waals surface area contributed by atoms with Crippen molar-refractivity contribution in [3.8, 4) is 0 Å². The van der Waals surface area contributed by atoms with Gasteiger partial charge in [-0.05, 0) is 25.2 Å². The summed E-state index contributed by atoms with van der Waals surface area (Å²) >= 11 is 0. The van der Waals surface area contributed by atoms with Crippen molar-refractivity contribution in [1.82, 2.24) is 9.80 Å². The Labute approximate surface area is 104 Å². The number of rotatable bonds is 2. The highest BCUT2D eigenvalue weighted by atomic mass is 16.2. The molecule has 0 spiro atoms. The van der Waals surface area contributed by atoms with E-state index in [1.165, 1.54) is 0 Å². The summed E-state index contributed by atoms with van der Waals surface area (Å²) in [7, 11) is 7.13. The molecule has 1 rings (SSSR count). The summed E-state index contributed by atoms with van der Waals surface area (Å²) in [5.41, 5.74) is 0. The van der Waals surface area contributed by atoms with Gasteiger partial charge in [-0.1, -0.05) is 6.92 Å². The number of carbonyl (C=O) groups excluding carboxylic acids is 2. The Balaban J connectivity index is 2.72. The third kappa shape index (κ3) is 3.45. The Morgan fingerprint density at radius 2 is 1.18 bits per heavy atom. The minimum absolute atomic E-state index is 0.0163. The normalized spacial score (nSPS) is 28.6. The van der Waals surface area contributed by atoms with E-state index in [-0.39, 0.29) is 23.7 Å². The highest BCUT2D eigenvalue weighted by Gasteiger charge is 2.35. The zero-order chi connectivity index (χ0) is 13.2. The minimum atomic E-state index is 0.0163. The van der Waals surface area contributed by atoms with Gasteiger partial charge in [-0.3, -0.25) is 9.59 Å².